The van der Waals surface area contributed by atoms with Crippen LogP contribution in [0.4, 0.5) is 4.79 Å². The summed E-state index contributed by atoms with van der Waals surface area (Å²) in [5.41, 5.74) is 4.13. The van der Waals surface area contributed by atoms with Crippen molar-refractivity contribution in [2.24, 2.45) is 0 Å². The number of carbonyl (C=O) groups is 1. The molecule has 0 bridgehead atoms. The Morgan fingerprint density at radius 1 is 0.895 bits per heavy atom. The summed E-state index contributed by atoms with van der Waals surface area (Å²) >= 11 is 12.3. The van der Waals surface area contributed by atoms with E-state index in [1.54, 1.807) is 29.2 Å². The van der Waals surface area contributed by atoms with Gasteiger partial charge in [0.25, 0.3) is 0 Å². The third-order valence-electron chi connectivity index (χ3n) is 7.51. The number of amides is 1. The molecule has 0 unspecified atom stereocenters. The number of nitrogens with one attached hydrogen (secondary N) is 1. The number of aromatic amines is 1. The molecule has 6 nitrogen and oxygen atoms in total. The van der Waals surface area contributed by atoms with Crippen molar-refractivity contribution >= 4 is 40.2 Å². The van der Waals surface area contributed by atoms with Crippen LogP contribution in [0.2, 0.25) is 10.0 Å². The normalized spacial score (nSPS) is 18.4. The molecule has 3 aromatic carbocycles. The maximum absolute atomic E-state index is 13.5. The van der Waals surface area contributed by atoms with Gasteiger partial charge in [-0.15, -0.1) is 0 Å². The van der Waals surface area contributed by atoms with Gasteiger partial charge in [-0.3, -0.25) is 4.90 Å². The first-order valence-corrected chi connectivity index (χ1v) is 13.7. The molecule has 1 saturated heterocycles. The van der Waals surface area contributed by atoms with Crippen LogP contribution in [0, 0.1) is 0 Å². The molecule has 0 spiro atoms. The van der Waals surface area contributed by atoms with E-state index in [2.05, 4.69) is 16.9 Å². The van der Waals surface area contributed by atoms with Crippen LogP contribution in [0.3, 0.4) is 0 Å². The molecule has 1 amide bonds. The van der Waals surface area contributed by atoms with Crippen LogP contribution in [0.5, 0.6) is 11.5 Å². The number of nitrogens with zero attached hydrogens (tertiary/aromatic N) is 2. The largest absolute Gasteiger partial charge is 0.490 e. The zero-order chi connectivity index (χ0) is 26.2. The van der Waals surface area contributed by atoms with Crippen molar-refractivity contribution in [3.63, 3.8) is 0 Å². The van der Waals surface area contributed by atoms with Crippen molar-refractivity contribution < 1.29 is 14.3 Å². The standard InChI is InChI=1S/C30H29Cl2N3O3/c1-34-15-12-24(13-16-34)37-22-7-2-19(3-8-22)29-28-25(26-18-21(32)6-11-27(26)33-28)14-17-35(29)30(36)38-23-9-4-20(31)5-10-23/h2-11,18,24,29,33H,12-17H2,1H3/t29-/m0/s1. The van der Waals surface area contributed by atoms with E-state index in [4.69, 9.17) is 32.7 Å². The second-order valence-electron chi connectivity index (χ2n) is 10.1. The summed E-state index contributed by atoms with van der Waals surface area (Å²) in [5.74, 6) is 1.30. The molecule has 1 N–H and O–H groups in total. The lowest BCUT2D eigenvalue weighted by Crippen LogP contribution is -2.42. The van der Waals surface area contributed by atoms with Gasteiger partial charge in [-0.1, -0.05) is 35.3 Å². The van der Waals surface area contributed by atoms with Crippen molar-refractivity contribution in [2.45, 2.75) is 31.4 Å². The predicted molar refractivity (Wildman–Crippen MR) is 151 cm³/mol. The summed E-state index contributed by atoms with van der Waals surface area (Å²) in [4.78, 5) is 21.2. The van der Waals surface area contributed by atoms with Crippen LogP contribution in [0.15, 0.2) is 66.7 Å². The molecule has 2 aliphatic heterocycles. The number of fused-ring (bicyclic) bond motifs is 3. The Hall–Kier alpha value is -3.19. The van der Waals surface area contributed by atoms with Crippen LogP contribution in [-0.2, 0) is 6.42 Å². The Bertz CT molecular complexity index is 1440. The number of carbonyl (C=O) groups excluding carboxylic acids is 1. The molecule has 3 heterocycles. The SMILES string of the molecule is CN1CCC(Oc2ccc([C@H]3c4[nH]c5ccc(Cl)cc5c4CCN3C(=O)Oc3ccc(Cl)cc3)cc2)CC1. The van der Waals surface area contributed by atoms with E-state index in [1.165, 1.54) is 5.56 Å². The zero-order valence-corrected chi connectivity index (χ0v) is 22.6. The number of piperidine rings is 1. The van der Waals surface area contributed by atoms with Gasteiger partial charge in [0.2, 0.25) is 0 Å². The smallest absolute Gasteiger partial charge is 0.416 e. The number of hydrogen-bond donors (Lipinski definition) is 1. The molecule has 2 aliphatic rings. The summed E-state index contributed by atoms with van der Waals surface area (Å²) in [6, 6.07) is 20.4. The minimum absolute atomic E-state index is 0.225. The average Bonchev–Trinajstić information content (AvgIpc) is 3.29. The fourth-order valence-electron chi connectivity index (χ4n) is 5.49. The maximum atomic E-state index is 13.5. The quantitative estimate of drug-likeness (QED) is 0.295. The lowest BCUT2D eigenvalue weighted by atomic mass is 9.92. The Kier molecular flexibility index (Phi) is 6.95. The monoisotopic (exact) mass is 549 g/mol. The predicted octanol–water partition coefficient (Wildman–Crippen LogP) is 7.09. The topological polar surface area (TPSA) is 57.8 Å². The van der Waals surface area contributed by atoms with Crippen LogP contribution >= 0.6 is 23.2 Å². The number of ether oxygens (including phenoxy) is 2. The molecule has 38 heavy (non-hydrogen) atoms. The summed E-state index contributed by atoms with van der Waals surface area (Å²) in [5, 5.41) is 2.37. The van der Waals surface area contributed by atoms with E-state index in [-0.39, 0.29) is 12.1 Å². The van der Waals surface area contributed by atoms with Crippen molar-refractivity contribution in [2.75, 3.05) is 26.7 Å². The highest BCUT2D eigenvalue weighted by atomic mass is 35.5. The Morgan fingerprint density at radius 3 is 2.32 bits per heavy atom. The van der Waals surface area contributed by atoms with E-state index in [1.807, 2.05) is 42.5 Å². The van der Waals surface area contributed by atoms with Crippen LogP contribution < -0.4 is 9.47 Å². The van der Waals surface area contributed by atoms with Gasteiger partial charge in [0.15, 0.2) is 0 Å². The van der Waals surface area contributed by atoms with Crippen LogP contribution in [0.25, 0.3) is 10.9 Å². The highest BCUT2D eigenvalue weighted by Crippen LogP contribution is 2.40. The zero-order valence-electron chi connectivity index (χ0n) is 21.1. The maximum Gasteiger partial charge on any atom is 0.416 e. The van der Waals surface area contributed by atoms with E-state index >= 15 is 0 Å². The van der Waals surface area contributed by atoms with Gasteiger partial charge >= 0.3 is 6.09 Å². The first-order valence-electron chi connectivity index (χ1n) is 12.9. The lowest BCUT2D eigenvalue weighted by molar-refractivity contribution is 0.114. The molecule has 196 valence electrons. The Labute approximate surface area is 232 Å². The number of aromatic nitrogens is 1. The lowest BCUT2D eigenvalue weighted by Gasteiger charge is -2.35. The van der Waals surface area contributed by atoms with Crippen molar-refractivity contribution in [1.82, 2.24) is 14.8 Å². The number of benzene rings is 3. The first-order chi connectivity index (χ1) is 18.4. The summed E-state index contributed by atoms with van der Waals surface area (Å²) in [6.45, 7) is 2.60. The highest BCUT2D eigenvalue weighted by Gasteiger charge is 2.36. The van der Waals surface area contributed by atoms with Gasteiger partial charge < -0.3 is 19.4 Å². The Balaban J connectivity index is 1.32. The van der Waals surface area contributed by atoms with Gasteiger partial charge in [0.1, 0.15) is 23.6 Å². The number of H-pyrrole nitrogens is 1. The summed E-state index contributed by atoms with van der Waals surface area (Å²) < 4.78 is 12.0. The molecule has 0 radical (unpaired) electrons. The molecular weight excluding hydrogens is 521 g/mol. The molecular formula is C30H29Cl2N3O3. The third-order valence-corrected chi connectivity index (χ3v) is 7.99. The number of halogens is 2. The minimum Gasteiger partial charge on any atom is -0.490 e. The van der Waals surface area contributed by atoms with Gasteiger partial charge in [0, 0.05) is 46.3 Å². The minimum atomic E-state index is -0.411. The van der Waals surface area contributed by atoms with Gasteiger partial charge in [-0.25, -0.2) is 4.79 Å². The summed E-state index contributed by atoms with van der Waals surface area (Å²) in [6.07, 6.45) is 2.55. The second kappa shape index (κ2) is 10.5. The van der Waals surface area contributed by atoms with E-state index in [9.17, 15) is 4.79 Å². The molecule has 1 atom stereocenters. The van der Waals surface area contributed by atoms with Crippen LogP contribution in [0.1, 0.15) is 35.7 Å². The van der Waals surface area contributed by atoms with E-state index in [0.29, 0.717) is 28.8 Å². The first kappa shape index (κ1) is 25.1. The van der Waals surface area contributed by atoms with E-state index in [0.717, 1.165) is 53.8 Å². The number of likely N-dealkylation sites (tertiary alicyclic amines) is 1. The molecule has 4 aromatic rings. The highest BCUT2D eigenvalue weighted by molar-refractivity contribution is 6.31. The van der Waals surface area contributed by atoms with Crippen molar-refractivity contribution in [3.8, 4) is 11.5 Å². The Morgan fingerprint density at radius 2 is 1.58 bits per heavy atom. The van der Waals surface area contributed by atoms with Gasteiger partial charge in [-0.05, 0) is 92.0 Å². The number of hydrogen-bond acceptors (Lipinski definition) is 4. The van der Waals surface area contributed by atoms with Crippen molar-refractivity contribution in [1.29, 1.82) is 0 Å². The summed E-state index contributed by atoms with van der Waals surface area (Å²) in [7, 11) is 2.14. The molecule has 0 aliphatic carbocycles. The molecule has 1 aromatic heterocycles. The second-order valence-corrected chi connectivity index (χ2v) is 10.9. The fraction of sp³-hybridized carbons (Fsp3) is 0.300. The van der Waals surface area contributed by atoms with Crippen LogP contribution in [-0.4, -0.2) is 53.7 Å². The molecule has 1 fully saturated rings. The van der Waals surface area contributed by atoms with Gasteiger partial charge in [-0.2, -0.15) is 0 Å². The molecule has 6 rings (SSSR count). The molecule has 0 saturated carbocycles. The van der Waals surface area contributed by atoms with Crippen molar-refractivity contribution in [3.05, 3.63) is 93.6 Å². The average molecular weight is 550 g/mol. The molecule has 8 heteroatoms. The fourth-order valence-corrected chi connectivity index (χ4v) is 5.79. The number of rotatable bonds is 4. The third kappa shape index (κ3) is 5.08. The van der Waals surface area contributed by atoms with Gasteiger partial charge in [0.05, 0.1) is 0 Å². The van der Waals surface area contributed by atoms with E-state index < -0.39 is 6.09 Å².